The lowest BCUT2D eigenvalue weighted by molar-refractivity contribution is 0.0932. The lowest BCUT2D eigenvalue weighted by Gasteiger charge is -2.33. The van der Waals surface area contributed by atoms with Crippen molar-refractivity contribution < 1.29 is 27.5 Å². The molecule has 10 nitrogen and oxygen atoms in total. The van der Waals surface area contributed by atoms with Crippen LogP contribution in [0.1, 0.15) is 27.6 Å². The third kappa shape index (κ3) is 5.09. The maximum Gasteiger partial charge on any atom is 0.409 e. The number of anilines is 1. The Bertz CT molecular complexity index is 1090. The van der Waals surface area contributed by atoms with E-state index in [4.69, 9.17) is 4.74 Å². The SMILES string of the molecule is CCOC(=O)N1CCN(S(=O)(=O)c2ccc(C(=O)Nc3sccc3C(=O)NC)cc2)CC1. The first-order valence-electron chi connectivity index (χ1n) is 9.90. The molecule has 0 radical (unpaired) electrons. The summed E-state index contributed by atoms with van der Waals surface area (Å²) in [5, 5.41) is 7.29. The van der Waals surface area contributed by atoms with E-state index in [2.05, 4.69) is 10.6 Å². The maximum atomic E-state index is 12.9. The van der Waals surface area contributed by atoms with E-state index in [1.54, 1.807) is 18.4 Å². The minimum atomic E-state index is -3.77. The third-order valence-corrected chi connectivity index (χ3v) is 7.63. The summed E-state index contributed by atoms with van der Waals surface area (Å²) in [4.78, 5) is 37.7. The van der Waals surface area contributed by atoms with Crippen molar-refractivity contribution in [3.8, 4) is 0 Å². The molecule has 0 aliphatic carbocycles. The van der Waals surface area contributed by atoms with Gasteiger partial charge in [0.25, 0.3) is 11.8 Å². The number of hydrogen-bond acceptors (Lipinski definition) is 7. The lowest BCUT2D eigenvalue weighted by Crippen LogP contribution is -2.50. The zero-order chi connectivity index (χ0) is 23.3. The number of nitrogens with zero attached hydrogens (tertiary/aromatic N) is 2. The number of amides is 3. The zero-order valence-electron chi connectivity index (χ0n) is 17.7. The highest BCUT2D eigenvalue weighted by atomic mass is 32.2. The molecule has 3 rings (SSSR count). The second kappa shape index (κ2) is 10.1. The summed E-state index contributed by atoms with van der Waals surface area (Å²) in [6, 6.07) is 7.19. The van der Waals surface area contributed by atoms with E-state index in [9.17, 15) is 22.8 Å². The van der Waals surface area contributed by atoms with Crippen molar-refractivity contribution in [3.63, 3.8) is 0 Å². The molecule has 0 spiro atoms. The molecule has 0 unspecified atom stereocenters. The van der Waals surface area contributed by atoms with Crippen LogP contribution in [0.3, 0.4) is 0 Å². The van der Waals surface area contributed by atoms with Crippen molar-refractivity contribution >= 4 is 44.3 Å². The molecule has 1 aliphatic rings. The number of ether oxygens (including phenoxy) is 1. The van der Waals surface area contributed by atoms with E-state index in [-0.39, 0.29) is 49.2 Å². The van der Waals surface area contributed by atoms with Gasteiger partial charge in [-0.3, -0.25) is 9.59 Å². The molecule has 1 aromatic heterocycles. The summed E-state index contributed by atoms with van der Waals surface area (Å²) >= 11 is 1.22. The molecule has 0 saturated carbocycles. The molecular weight excluding hydrogens is 456 g/mol. The highest BCUT2D eigenvalue weighted by Gasteiger charge is 2.30. The number of sulfonamides is 1. The molecular formula is C20H24N4O6S2. The van der Waals surface area contributed by atoms with Crippen LogP contribution in [0.4, 0.5) is 9.80 Å². The minimum absolute atomic E-state index is 0.0563. The number of benzene rings is 1. The second-order valence-corrected chi connectivity index (χ2v) is 9.67. The number of hydrogen-bond donors (Lipinski definition) is 2. The Morgan fingerprint density at radius 1 is 1.03 bits per heavy atom. The normalized spacial score (nSPS) is 14.6. The topological polar surface area (TPSA) is 125 Å². The number of thiophene rings is 1. The molecule has 2 aromatic rings. The first-order valence-corrected chi connectivity index (χ1v) is 12.2. The molecule has 172 valence electrons. The van der Waals surface area contributed by atoms with Crippen LogP contribution >= 0.6 is 11.3 Å². The van der Waals surface area contributed by atoms with Gasteiger partial charge in [-0.1, -0.05) is 0 Å². The fraction of sp³-hybridized carbons (Fsp3) is 0.350. The first kappa shape index (κ1) is 23.7. The molecule has 1 saturated heterocycles. The monoisotopic (exact) mass is 480 g/mol. The van der Waals surface area contributed by atoms with E-state index in [0.29, 0.717) is 10.6 Å². The van der Waals surface area contributed by atoms with Crippen LogP contribution in [-0.2, 0) is 14.8 Å². The molecule has 2 heterocycles. The van der Waals surface area contributed by atoms with E-state index < -0.39 is 22.0 Å². The summed E-state index contributed by atoms with van der Waals surface area (Å²) in [5.41, 5.74) is 0.611. The van der Waals surface area contributed by atoms with Gasteiger partial charge in [-0.25, -0.2) is 13.2 Å². The van der Waals surface area contributed by atoms with Crippen molar-refractivity contribution in [2.45, 2.75) is 11.8 Å². The predicted octanol–water partition coefficient (Wildman–Crippen LogP) is 1.82. The van der Waals surface area contributed by atoms with E-state index in [1.165, 1.54) is 51.9 Å². The van der Waals surface area contributed by atoms with Gasteiger partial charge in [0, 0.05) is 38.8 Å². The summed E-state index contributed by atoms with van der Waals surface area (Å²) in [7, 11) is -2.26. The standard InChI is InChI=1S/C20H24N4O6S2/c1-3-30-20(27)23-9-11-24(12-10-23)32(28,29)15-6-4-14(5-7-15)17(25)22-19-16(8-13-31-19)18(26)21-2/h4-8,13H,3,9-12H2,1-2H3,(H,21,26)(H,22,25). The van der Waals surface area contributed by atoms with E-state index in [1.807, 2.05) is 0 Å². The smallest absolute Gasteiger partial charge is 0.409 e. The van der Waals surface area contributed by atoms with Crippen LogP contribution in [0.25, 0.3) is 0 Å². The van der Waals surface area contributed by atoms with Crippen LogP contribution in [0.5, 0.6) is 0 Å². The molecule has 12 heteroatoms. The highest BCUT2D eigenvalue weighted by Crippen LogP contribution is 2.24. The van der Waals surface area contributed by atoms with Crippen LogP contribution < -0.4 is 10.6 Å². The van der Waals surface area contributed by atoms with Crippen LogP contribution in [0, 0.1) is 0 Å². The molecule has 2 N–H and O–H groups in total. The average Bonchev–Trinajstić information content (AvgIpc) is 3.27. The number of piperazine rings is 1. The Kier molecular flexibility index (Phi) is 7.48. The van der Waals surface area contributed by atoms with Crippen LogP contribution in [0.2, 0.25) is 0 Å². The Balaban J connectivity index is 1.66. The molecule has 3 amide bonds. The van der Waals surface area contributed by atoms with Crippen molar-refractivity contribution in [1.29, 1.82) is 0 Å². The van der Waals surface area contributed by atoms with Crippen molar-refractivity contribution in [2.24, 2.45) is 0 Å². The molecule has 0 atom stereocenters. The van der Waals surface area contributed by atoms with Gasteiger partial charge >= 0.3 is 6.09 Å². The number of carbonyl (C=O) groups is 3. The Labute approximate surface area is 190 Å². The summed E-state index contributed by atoms with van der Waals surface area (Å²) in [6.45, 7) is 2.77. The predicted molar refractivity (Wildman–Crippen MR) is 119 cm³/mol. The summed E-state index contributed by atoms with van der Waals surface area (Å²) < 4.78 is 32.1. The van der Waals surface area contributed by atoms with Gasteiger partial charge in [-0.2, -0.15) is 4.31 Å². The van der Waals surface area contributed by atoms with Gasteiger partial charge in [-0.15, -0.1) is 11.3 Å². The van der Waals surface area contributed by atoms with Crippen molar-refractivity contribution in [3.05, 3.63) is 46.8 Å². The van der Waals surface area contributed by atoms with Crippen LogP contribution in [-0.4, -0.2) is 75.4 Å². The third-order valence-electron chi connectivity index (χ3n) is 4.88. The largest absolute Gasteiger partial charge is 0.450 e. The van der Waals surface area contributed by atoms with Crippen molar-refractivity contribution in [2.75, 3.05) is 45.2 Å². The van der Waals surface area contributed by atoms with Crippen molar-refractivity contribution in [1.82, 2.24) is 14.5 Å². The highest BCUT2D eigenvalue weighted by molar-refractivity contribution is 7.89. The maximum absolute atomic E-state index is 12.9. The van der Waals surface area contributed by atoms with Gasteiger partial charge in [0.1, 0.15) is 5.00 Å². The molecule has 0 bridgehead atoms. The van der Waals surface area contributed by atoms with Gasteiger partial charge in [0.2, 0.25) is 10.0 Å². The Hall–Kier alpha value is -2.96. The first-order chi connectivity index (χ1) is 15.3. The average molecular weight is 481 g/mol. The number of nitrogens with one attached hydrogen (secondary N) is 2. The Morgan fingerprint density at radius 3 is 2.28 bits per heavy atom. The lowest BCUT2D eigenvalue weighted by atomic mass is 10.2. The molecule has 1 aliphatic heterocycles. The second-order valence-electron chi connectivity index (χ2n) is 6.81. The van der Waals surface area contributed by atoms with Gasteiger partial charge in [0.05, 0.1) is 17.1 Å². The summed E-state index contributed by atoms with van der Waals surface area (Å²) in [5.74, 6) is -0.768. The quantitative estimate of drug-likeness (QED) is 0.650. The fourth-order valence-electron chi connectivity index (χ4n) is 3.15. The Morgan fingerprint density at radius 2 is 1.69 bits per heavy atom. The number of rotatable bonds is 6. The van der Waals surface area contributed by atoms with E-state index in [0.717, 1.165) is 0 Å². The van der Waals surface area contributed by atoms with E-state index >= 15 is 0 Å². The fourth-order valence-corrected chi connectivity index (χ4v) is 5.35. The van der Waals surface area contributed by atoms with Crippen LogP contribution in [0.15, 0.2) is 40.6 Å². The minimum Gasteiger partial charge on any atom is -0.450 e. The van der Waals surface area contributed by atoms with Gasteiger partial charge in [-0.05, 0) is 42.6 Å². The molecule has 1 aromatic carbocycles. The summed E-state index contributed by atoms with van der Waals surface area (Å²) in [6.07, 6.45) is -0.453. The molecule has 32 heavy (non-hydrogen) atoms. The zero-order valence-corrected chi connectivity index (χ0v) is 19.3. The van der Waals surface area contributed by atoms with Gasteiger partial charge < -0.3 is 20.3 Å². The number of carbonyl (C=O) groups excluding carboxylic acids is 3. The molecule has 1 fully saturated rings. The van der Waals surface area contributed by atoms with Gasteiger partial charge in [0.15, 0.2) is 0 Å².